The Kier molecular flexibility index (Phi) is 3.40. The predicted molar refractivity (Wildman–Crippen MR) is 95.9 cm³/mol. The first-order valence-corrected chi connectivity index (χ1v) is 7.97. The van der Waals surface area contributed by atoms with Gasteiger partial charge in [0.2, 0.25) is 0 Å². The Bertz CT molecular complexity index is 739. The van der Waals surface area contributed by atoms with Gasteiger partial charge in [-0.25, -0.2) is 0 Å². The van der Waals surface area contributed by atoms with Crippen LogP contribution in [-0.2, 0) is 11.8 Å². The molecule has 114 valence electrons. The average molecular weight is 291 g/mol. The molecule has 3 rings (SSSR count). The van der Waals surface area contributed by atoms with Gasteiger partial charge in [0.15, 0.2) is 0 Å². The average Bonchev–Trinajstić information content (AvgIpc) is 2.48. The van der Waals surface area contributed by atoms with Gasteiger partial charge >= 0.3 is 0 Å². The van der Waals surface area contributed by atoms with E-state index in [9.17, 15) is 0 Å². The third kappa shape index (κ3) is 2.25. The molecule has 0 saturated heterocycles. The summed E-state index contributed by atoms with van der Waals surface area (Å²) in [6.45, 7) is 9.31. The number of rotatable bonds is 2. The van der Waals surface area contributed by atoms with Gasteiger partial charge in [-0.1, -0.05) is 63.3 Å². The predicted octanol–water partition coefficient (Wildman–Crippen LogP) is 5.13. The van der Waals surface area contributed by atoms with E-state index in [2.05, 4.69) is 76.2 Å². The van der Waals surface area contributed by atoms with Gasteiger partial charge in [-0.3, -0.25) is 0 Å². The van der Waals surface area contributed by atoms with Crippen LogP contribution in [0.3, 0.4) is 0 Å². The smallest absolute Gasteiger partial charge is 0.0320 e. The van der Waals surface area contributed by atoms with Crippen LogP contribution >= 0.6 is 0 Å². The van der Waals surface area contributed by atoms with Crippen molar-refractivity contribution in [3.8, 4) is 0 Å². The molecular formula is C21H25N. The lowest BCUT2D eigenvalue weighted by Crippen LogP contribution is -2.41. The van der Waals surface area contributed by atoms with Crippen LogP contribution in [0.25, 0.3) is 6.08 Å². The fourth-order valence-corrected chi connectivity index (χ4v) is 3.67. The molecule has 2 N–H and O–H groups in total. The lowest BCUT2D eigenvalue weighted by Gasteiger charge is -2.45. The zero-order valence-electron chi connectivity index (χ0n) is 14.0. The first kappa shape index (κ1) is 14.9. The number of fused-ring (bicyclic) bond motifs is 1. The summed E-state index contributed by atoms with van der Waals surface area (Å²) >= 11 is 0. The van der Waals surface area contributed by atoms with Crippen molar-refractivity contribution in [2.45, 2.75) is 39.5 Å². The Morgan fingerprint density at radius 1 is 1.09 bits per heavy atom. The van der Waals surface area contributed by atoms with Crippen molar-refractivity contribution in [2.75, 3.05) is 5.73 Å². The Balaban J connectivity index is 2.05. The highest BCUT2D eigenvalue weighted by Crippen LogP contribution is 2.48. The molecular weight excluding hydrogens is 266 g/mol. The van der Waals surface area contributed by atoms with Crippen LogP contribution in [-0.4, -0.2) is 0 Å². The molecule has 1 nitrogen and oxygen atoms in total. The first-order chi connectivity index (χ1) is 10.3. The van der Waals surface area contributed by atoms with Gasteiger partial charge in [-0.05, 0) is 58.6 Å². The number of hydrogen-bond acceptors (Lipinski definition) is 1. The molecule has 1 aliphatic carbocycles. The Morgan fingerprint density at radius 3 is 2.55 bits per heavy atom. The van der Waals surface area contributed by atoms with E-state index in [0.29, 0.717) is 0 Å². The minimum atomic E-state index is 0.0634. The molecule has 0 fully saturated rings. The van der Waals surface area contributed by atoms with Crippen molar-refractivity contribution in [3.63, 3.8) is 0 Å². The molecule has 0 aliphatic heterocycles. The van der Waals surface area contributed by atoms with E-state index in [1.54, 1.807) is 0 Å². The van der Waals surface area contributed by atoms with Crippen molar-refractivity contribution >= 4 is 11.8 Å². The van der Waals surface area contributed by atoms with E-state index < -0.39 is 0 Å². The molecule has 2 aromatic carbocycles. The maximum atomic E-state index is 5.91. The lowest BCUT2D eigenvalue weighted by molar-refractivity contribution is 0.235. The zero-order chi connectivity index (χ0) is 16.0. The van der Waals surface area contributed by atoms with Crippen LogP contribution in [0.1, 0.15) is 43.0 Å². The third-order valence-corrected chi connectivity index (χ3v) is 5.60. The van der Waals surface area contributed by atoms with Crippen LogP contribution < -0.4 is 5.73 Å². The topological polar surface area (TPSA) is 26.0 Å². The van der Waals surface area contributed by atoms with E-state index in [1.165, 1.54) is 22.3 Å². The van der Waals surface area contributed by atoms with Crippen molar-refractivity contribution < 1.29 is 0 Å². The van der Waals surface area contributed by atoms with Crippen molar-refractivity contribution in [1.82, 2.24) is 0 Å². The number of hydrogen-bond donors (Lipinski definition) is 1. The molecule has 0 saturated carbocycles. The molecule has 0 aromatic heterocycles. The SMILES string of the molecule is Cc1ccccc1C(C)(C)C1(C)C=Cc2cc(N)ccc2C1. The Morgan fingerprint density at radius 2 is 1.82 bits per heavy atom. The van der Waals surface area contributed by atoms with E-state index in [-0.39, 0.29) is 10.8 Å². The molecule has 2 aromatic rings. The van der Waals surface area contributed by atoms with E-state index in [1.807, 2.05) is 6.07 Å². The summed E-state index contributed by atoms with van der Waals surface area (Å²) in [5.74, 6) is 0. The van der Waals surface area contributed by atoms with Crippen LogP contribution in [0.4, 0.5) is 5.69 Å². The van der Waals surface area contributed by atoms with Crippen molar-refractivity contribution in [2.24, 2.45) is 5.41 Å². The number of benzene rings is 2. The van der Waals surface area contributed by atoms with Gasteiger partial charge in [0, 0.05) is 5.69 Å². The highest BCUT2D eigenvalue weighted by Gasteiger charge is 2.42. The minimum absolute atomic E-state index is 0.0634. The number of nitrogens with two attached hydrogens (primary N) is 1. The molecule has 22 heavy (non-hydrogen) atoms. The molecule has 0 amide bonds. The molecule has 0 bridgehead atoms. The van der Waals surface area contributed by atoms with E-state index in [4.69, 9.17) is 5.73 Å². The van der Waals surface area contributed by atoms with Gasteiger partial charge in [-0.15, -0.1) is 0 Å². The van der Waals surface area contributed by atoms with Crippen molar-refractivity contribution in [3.05, 3.63) is 70.8 Å². The number of allylic oxidation sites excluding steroid dienone is 1. The first-order valence-electron chi connectivity index (χ1n) is 7.97. The van der Waals surface area contributed by atoms with Crippen molar-refractivity contribution in [1.29, 1.82) is 0 Å². The largest absolute Gasteiger partial charge is 0.399 e. The van der Waals surface area contributed by atoms with Gasteiger partial charge in [-0.2, -0.15) is 0 Å². The van der Waals surface area contributed by atoms with Gasteiger partial charge < -0.3 is 5.73 Å². The van der Waals surface area contributed by atoms with Crippen LogP contribution in [0.2, 0.25) is 0 Å². The van der Waals surface area contributed by atoms with E-state index in [0.717, 1.165) is 12.1 Å². The summed E-state index contributed by atoms with van der Waals surface area (Å²) in [4.78, 5) is 0. The number of nitrogen functional groups attached to an aromatic ring is 1. The highest BCUT2D eigenvalue weighted by atomic mass is 14.5. The fraction of sp³-hybridized carbons (Fsp3) is 0.333. The van der Waals surface area contributed by atoms with Gasteiger partial charge in [0.25, 0.3) is 0 Å². The second-order valence-electron chi connectivity index (χ2n) is 7.33. The molecule has 0 radical (unpaired) electrons. The summed E-state index contributed by atoms with van der Waals surface area (Å²) in [6, 6.07) is 15.0. The lowest BCUT2D eigenvalue weighted by atomic mass is 9.58. The molecule has 1 atom stereocenters. The molecule has 0 spiro atoms. The molecule has 1 aliphatic rings. The monoisotopic (exact) mass is 291 g/mol. The Labute approximate surface area is 133 Å². The summed E-state index contributed by atoms with van der Waals surface area (Å²) in [7, 11) is 0. The number of anilines is 1. The molecule has 1 unspecified atom stereocenters. The molecule has 0 heterocycles. The van der Waals surface area contributed by atoms with Gasteiger partial charge in [0.1, 0.15) is 0 Å². The van der Waals surface area contributed by atoms with Crippen LogP contribution in [0.15, 0.2) is 48.5 Å². The standard InChI is InChI=1S/C21H25N/c1-15-7-5-6-8-19(15)20(2,3)21(4)12-11-16-13-18(22)10-9-17(16)14-21/h5-13H,14,22H2,1-4H3. The summed E-state index contributed by atoms with van der Waals surface area (Å²) in [6.07, 6.45) is 5.66. The van der Waals surface area contributed by atoms with Crippen LogP contribution in [0, 0.1) is 12.3 Å². The maximum absolute atomic E-state index is 5.91. The van der Waals surface area contributed by atoms with Crippen LogP contribution in [0.5, 0.6) is 0 Å². The molecule has 1 heteroatoms. The highest BCUT2D eigenvalue weighted by molar-refractivity contribution is 5.63. The second kappa shape index (κ2) is 5.01. The van der Waals surface area contributed by atoms with Gasteiger partial charge in [0.05, 0.1) is 0 Å². The number of aryl methyl sites for hydroxylation is 1. The third-order valence-electron chi connectivity index (χ3n) is 5.60. The Hall–Kier alpha value is -2.02. The normalized spacial score (nSPS) is 20.7. The fourth-order valence-electron chi connectivity index (χ4n) is 3.67. The summed E-state index contributed by atoms with van der Waals surface area (Å²) in [5.41, 5.74) is 12.3. The van der Waals surface area contributed by atoms with E-state index >= 15 is 0 Å². The quantitative estimate of drug-likeness (QED) is 0.763. The minimum Gasteiger partial charge on any atom is -0.399 e. The second-order valence-corrected chi connectivity index (χ2v) is 7.33. The summed E-state index contributed by atoms with van der Waals surface area (Å²) < 4.78 is 0. The maximum Gasteiger partial charge on any atom is 0.0320 e. The summed E-state index contributed by atoms with van der Waals surface area (Å²) in [5, 5.41) is 0. The zero-order valence-corrected chi connectivity index (χ0v) is 14.0.